The fraction of sp³-hybridized carbons (Fsp3) is 0.389. The maximum absolute atomic E-state index is 13.2. The first-order chi connectivity index (χ1) is 13.7. The molecule has 8 nitrogen and oxygen atoms in total. The highest BCUT2D eigenvalue weighted by Crippen LogP contribution is 2.37. The predicted molar refractivity (Wildman–Crippen MR) is 99.3 cm³/mol. The number of alkyl halides is 3. The van der Waals surface area contributed by atoms with Gasteiger partial charge in [-0.05, 0) is 37.0 Å². The fourth-order valence-electron chi connectivity index (χ4n) is 2.61. The highest BCUT2D eigenvalue weighted by molar-refractivity contribution is 5.74. The van der Waals surface area contributed by atoms with E-state index < -0.39 is 23.8 Å². The Kier molecular flexibility index (Phi) is 5.78. The Labute approximate surface area is 164 Å². The number of rotatable bonds is 8. The number of carboxylic acids is 1. The van der Waals surface area contributed by atoms with Crippen LogP contribution >= 0.6 is 0 Å². The third kappa shape index (κ3) is 5.25. The van der Waals surface area contributed by atoms with E-state index in [9.17, 15) is 18.0 Å². The second kappa shape index (κ2) is 8.11. The zero-order chi connectivity index (χ0) is 21.2. The van der Waals surface area contributed by atoms with Crippen LogP contribution in [0.3, 0.4) is 0 Å². The number of aromatic nitrogens is 2. The van der Waals surface area contributed by atoms with Crippen LogP contribution in [0.4, 0.5) is 30.6 Å². The van der Waals surface area contributed by atoms with Crippen molar-refractivity contribution in [3.63, 3.8) is 0 Å². The number of halogens is 3. The van der Waals surface area contributed by atoms with Gasteiger partial charge in [-0.25, -0.2) is 4.98 Å². The summed E-state index contributed by atoms with van der Waals surface area (Å²) < 4.78 is 44.8. The second-order valence-electron chi connectivity index (χ2n) is 6.68. The van der Waals surface area contributed by atoms with Crippen molar-refractivity contribution in [2.24, 2.45) is 5.73 Å². The Balaban J connectivity index is 1.84. The zero-order valence-corrected chi connectivity index (χ0v) is 15.5. The SMILES string of the molecule is COc1cc(C[C@H](N)C(=O)O)ccc1Nc1ncc(C(F)(F)F)c(NC2CC2)n1. The summed E-state index contributed by atoms with van der Waals surface area (Å²) >= 11 is 0. The molecule has 156 valence electrons. The Bertz CT molecular complexity index is 903. The standard InChI is InChI=1S/C18H20F3N5O3/c1-29-14-7-9(6-12(22)16(27)28)2-5-13(14)25-17-23-8-11(18(19,20)21)15(26-17)24-10-3-4-10/h2,5,7-8,10,12H,3-4,6,22H2,1H3,(H,27,28)(H2,23,24,25,26)/t12-/m0/s1. The fourth-order valence-corrected chi connectivity index (χ4v) is 2.61. The molecule has 0 amide bonds. The van der Waals surface area contributed by atoms with Gasteiger partial charge in [0.15, 0.2) is 0 Å². The van der Waals surface area contributed by atoms with Crippen molar-refractivity contribution in [2.75, 3.05) is 17.7 Å². The van der Waals surface area contributed by atoms with Crippen LogP contribution in [-0.2, 0) is 17.4 Å². The van der Waals surface area contributed by atoms with Crippen molar-refractivity contribution in [2.45, 2.75) is 37.5 Å². The quantitative estimate of drug-likeness (QED) is 0.523. The predicted octanol–water partition coefficient (Wildman–Crippen LogP) is 2.78. The molecule has 5 N–H and O–H groups in total. The number of nitrogens with zero attached hydrogens (tertiary/aromatic N) is 2. The van der Waals surface area contributed by atoms with E-state index in [1.807, 2.05) is 0 Å². The number of hydrogen-bond acceptors (Lipinski definition) is 7. The number of anilines is 3. The number of ether oxygens (including phenoxy) is 1. The van der Waals surface area contributed by atoms with Gasteiger partial charge in [-0.2, -0.15) is 18.2 Å². The summed E-state index contributed by atoms with van der Waals surface area (Å²) in [5, 5.41) is 14.5. The topological polar surface area (TPSA) is 122 Å². The van der Waals surface area contributed by atoms with E-state index in [1.165, 1.54) is 7.11 Å². The molecule has 1 heterocycles. The smallest absolute Gasteiger partial charge is 0.421 e. The minimum absolute atomic E-state index is 0.0221. The van der Waals surface area contributed by atoms with Gasteiger partial charge in [0.2, 0.25) is 5.95 Å². The monoisotopic (exact) mass is 411 g/mol. The summed E-state index contributed by atoms with van der Waals surface area (Å²) in [4.78, 5) is 18.6. The van der Waals surface area contributed by atoms with Crippen molar-refractivity contribution >= 4 is 23.4 Å². The lowest BCUT2D eigenvalue weighted by atomic mass is 10.1. The molecule has 1 fully saturated rings. The van der Waals surface area contributed by atoms with Crippen molar-refractivity contribution in [1.82, 2.24) is 9.97 Å². The molecule has 1 aliphatic rings. The van der Waals surface area contributed by atoms with E-state index in [-0.39, 0.29) is 24.2 Å². The third-order valence-corrected chi connectivity index (χ3v) is 4.30. The minimum atomic E-state index is -4.57. The van der Waals surface area contributed by atoms with Gasteiger partial charge in [0, 0.05) is 12.2 Å². The van der Waals surface area contributed by atoms with Gasteiger partial charge in [0.05, 0.1) is 12.8 Å². The van der Waals surface area contributed by atoms with Crippen molar-refractivity contribution < 1.29 is 27.8 Å². The lowest BCUT2D eigenvalue weighted by molar-refractivity contribution is -0.139. The summed E-state index contributed by atoms with van der Waals surface area (Å²) in [5.74, 6) is -1.09. The zero-order valence-electron chi connectivity index (χ0n) is 15.5. The number of benzene rings is 1. The molecule has 1 aromatic carbocycles. The molecule has 1 atom stereocenters. The number of aliphatic carboxylic acids is 1. The molecule has 0 spiro atoms. The number of nitrogens with one attached hydrogen (secondary N) is 2. The molecule has 2 aromatic rings. The Hall–Kier alpha value is -3.08. The first-order valence-electron chi connectivity index (χ1n) is 8.80. The van der Waals surface area contributed by atoms with E-state index in [0.717, 1.165) is 19.0 Å². The van der Waals surface area contributed by atoms with Crippen LogP contribution in [0.15, 0.2) is 24.4 Å². The van der Waals surface area contributed by atoms with Crippen LogP contribution in [0.2, 0.25) is 0 Å². The molecule has 0 saturated heterocycles. The van der Waals surface area contributed by atoms with Gasteiger partial charge >= 0.3 is 12.1 Å². The average Bonchev–Trinajstić information content (AvgIpc) is 3.46. The molecular formula is C18H20F3N5O3. The van der Waals surface area contributed by atoms with E-state index in [0.29, 0.717) is 17.0 Å². The lowest BCUT2D eigenvalue weighted by Gasteiger charge is -2.16. The lowest BCUT2D eigenvalue weighted by Crippen LogP contribution is -2.32. The van der Waals surface area contributed by atoms with Gasteiger partial charge in [0.1, 0.15) is 23.2 Å². The Morgan fingerprint density at radius 3 is 2.72 bits per heavy atom. The van der Waals surface area contributed by atoms with Gasteiger partial charge in [-0.1, -0.05) is 6.07 Å². The van der Waals surface area contributed by atoms with E-state index in [4.69, 9.17) is 15.6 Å². The highest BCUT2D eigenvalue weighted by Gasteiger charge is 2.37. The molecule has 0 unspecified atom stereocenters. The van der Waals surface area contributed by atoms with Crippen LogP contribution in [-0.4, -0.2) is 40.2 Å². The maximum Gasteiger partial charge on any atom is 0.421 e. The van der Waals surface area contributed by atoms with Gasteiger partial charge in [-0.3, -0.25) is 4.79 Å². The second-order valence-corrected chi connectivity index (χ2v) is 6.68. The number of methoxy groups -OCH3 is 1. The van der Waals surface area contributed by atoms with Crippen LogP contribution < -0.4 is 21.1 Å². The molecule has 29 heavy (non-hydrogen) atoms. The first kappa shape index (κ1) is 20.6. The van der Waals surface area contributed by atoms with Crippen LogP contribution in [0, 0.1) is 0 Å². The summed E-state index contributed by atoms with van der Waals surface area (Å²) in [6.07, 6.45) is -2.17. The summed E-state index contributed by atoms with van der Waals surface area (Å²) in [6, 6.07) is 3.75. The summed E-state index contributed by atoms with van der Waals surface area (Å²) in [5.41, 5.74) is 5.65. The normalized spacial score (nSPS) is 14.9. The third-order valence-electron chi connectivity index (χ3n) is 4.30. The van der Waals surface area contributed by atoms with E-state index in [2.05, 4.69) is 20.6 Å². The summed E-state index contributed by atoms with van der Waals surface area (Å²) in [7, 11) is 1.41. The van der Waals surface area contributed by atoms with E-state index >= 15 is 0 Å². The van der Waals surface area contributed by atoms with Crippen molar-refractivity contribution in [3.05, 3.63) is 35.5 Å². The van der Waals surface area contributed by atoms with Crippen molar-refractivity contribution in [3.8, 4) is 5.75 Å². The molecule has 0 bridgehead atoms. The molecule has 11 heteroatoms. The average molecular weight is 411 g/mol. The van der Waals surface area contributed by atoms with Gasteiger partial charge < -0.3 is 26.2 Å². The van der Waals surface area contributed by atoms with Crippen LogP contribution in [0.5, 0.6) is 5.75 Å². The van der Waals surface area contributed by atoms with Gasteiger partial charge in [-0.15, -0.1) is 0 Å². The molecule has 3 rings (SSSR count). The number of carbonyl (C=O) groups is 1. The van der Waals surface area contributed by atoms with E-state index in [1.54, 1.807) is 18.2 Å². The molecule has 1 saturated carbocycles. The number of nitrogens with two attached hydrogens (primary N) is 1. The molecule has 1 aliphatic carbocycles. The summed E-state index contributed by atoms with van der Waals surface area (Å²) in [6.45, 7) is 0. The maximum atomic E-state index is 13.2. The number of hydrogen-bond donors (Lipinski definition) is 4. The first-order valence-corrected chi connectivity index (χ1v) is 8.80. The van der Waals surface area contributed by atoms with Crippen molar-refractivity contribution in [1.29, 1.82) is 0 Å². The molecule has 0 radical (unpaired) electrons. The molecule has 0 aliphatic heterocycles. The Morgan fingerprint density at radius 2 is 2.14 bits per heavy atom. The highest BCUT2D eigenvalue weighted by atomic mass is 19.4. The largest absolute Gasteiger partial charge is 0.495 e. The Morgan fingerprint density at radius 1 is 1.41 bits per heavy atom. The minimum Gasteiger partial charge on any atom is -0.495 e. The number of carboxylic acid groups (broad SMARTS) is 1. The van der Waals surface area contributed by atoms with Crippen LogP contribution in [0.1, 0.15) is 24.0 Å². The van der Waals surface area contributed by atoms with Gasteiger partial charge in [0.25, 0.3) is 0 Å². The van der Waals surface area contributed by atoms with Crippen LogP contribution in [0.25, 0.3) is 0 Å². The molecule has 1 aromatic heterocycles. The molecular weight excluding hydrogens is 391 g/mol.